The second-order valence-electron chi connectivity index (χ2n) is 7.22. The summed E-state index contributed by atoms with van der Waals surface area (Å²) in [5, 5.41) is 3.14. The summed E-state index contributed by atoms with van der Waals surface area (Å²) in [5.74, 6) is 0.627. The van der Waals surface area contributed by atoms with Crippen LogP contribution in [0, 0.1) is 11.3 Å². The standard InChI is InChI=1S/C16H32N2O2/c1-7-20-14(19)16(5,17-6)12-18-10-8-13(9-11-18)15(2,3)4/h13,17H,7-12H2,1-6H3. The van der Waals surface area contributed by atoms with Gasteiger partial charge < -0.3 is 15.0 Å². The maximum Gasteiger partial charge on any atom is 0.327 e. The van der Waals surface area contributed by atoms with Crippen molar-refractivity contribution in [2.24, 2.45) is 11.3 Å². The largest absolute Gasteiger partial charge is 0.465 e. The lowest BCUT2D eigenvalue weighted by atomic mass is 9.75. The van der Waals surface area contributed by atoms with Gasteiger partial charge in [0.05, 0.1) is 6.61 Å². The number of esters is 1. The van der Waals surface area contributed by atoms with Gasteiger partial charge in [-0.05, 0) is 58.2 Å². The summed E-state index contributed by atoms with van der Waals surface area (Å²) in [6.07, 6.45) is 2.43. The maximum absolute atomic E-state index is 12.1. The second kappa shape index (κ2) is 6.90. The molecule has 1 rings (SSSR count). The smallest absolute Gasteiger partial charge is 0.327 e. The Kier molecular flexibility index (Phi) is 6.02. The molecule has 1 saturated heterocycles. The van der Waals surface area contributed by atoms with Crippen molar-refractivity contribution >= 4 is 5.97 Å². The first kappa shape index (κ1) is 17.4. The Hall–Kier alpha value is -0.610. The number of likely N-dealkylation sites (tertiary alicyclic amines) is 1. The number of ether oxygens (including phenoxy) is 1. The van der Waals surface area contributed by atoms with Crippen molar-refractivity contribution in [3.63, 3.8) is 0 Å². The minimum atomic E-state index is -0.607. The molecule has 4 heteroatoms. The Morgan fingerprint density at radius 2 is 1.80 bits per heavy atom. The fraction of sp³-hybridized carbons (Fsp3) is 0.938. The summed E-state index contributed by atoms with van der Waals surface area (Å²) >= 11 is 0. The van der Waals surface area contributed by atoms with E-state index in [1.54, 1.807) is 0 Å². The highest BCUT2D eigenvalue weighted by atomic mass is 16.5. The van der Waals surface area contributed by atoms with E-state index >= 15 is 0 Å². The van der Waals surface area contributed by atoms with Crippen molar-refractivity contribution in [2.45, 2.75) is 53.0 Å². The lowest BCUT2D eigenvalue weighted by molar-refractivity contribution is -0.151. The minimum absolute atomic E-state index is 0.152. The molecule has 1 aliphatic rings. The second-order valence-corrected chi connectivity index (χ2v) is 7.22. The highest BCUT2D eigenvalue weighted by molar-refractivity contribution is 5.80. The molecular formula is C16H32N2O2. The first-order chi connectivity index (χ1) is 9.23. The molecule has 0 aliphatic carbocycles. The molecule has 0 bridgehead atoms. The summed E-state index contributed by atoms with van der Waals surface area (Å²) in [6.45, 7) is 14.0. The molecule has 1 N–H and O–H groups in total. The fourth-order valence-corrected chi connectivity index (χ4v) is 2.94. The molecule has 1 aliphatic heterocycles. The average Bonchev–Trinajstić information content (AvgIpc) is 2.38. The highest BCUT2D eigenvalue weighted by Gasteiger charge is 2.37. The van der Waals surface area contributed by atoms with Crippen molar-refractivity contribution in [2.75, 3.05) is 33.3 Å². The van der Waals surface area contributed by atoms with Gasteiger partial charge in [-0.15, -0.1) is 0 Å². The van der Waals surface area contributed by atoms with Gasteiger partial charge in [0.2, 0.25) is 0 Å². The SMILES string of the molecule is CCOC(=O)C(C)(CN1CCC(C(C)(C)C)CC1)NC. The third-order valence-electron chi connectivity index (χ3n) is 4.63. The van der Waals surface area contributed by atoms with Gasteiger partial charge in [-0.1, -0.05) is 20.8 Å². The van der Waals surface area contributed by atoms with Gasteiger partial charge in [0.15, 0.2) is 0 Å². The van der Waals surface area contributed by atoms with E-state index in [1.165, 1.54) is 12.8 Å². The van der Waals surface area contributed by atoms with E-state index in [0.29, 0.717) is 12.0 Å². The zero-order chi connectivity index (χ0) is 15.4. The lowest BCUT2D eigenvalue weighted by Gasteiger charge is -2.41. The zero-order valence-electron chi connectivity index (χ0n) is 14.1. The van der Waals surface area contributed by atoms with Crippen LogP contribution < -0.4 is 5.32 Å². The van der Waals surface area contributed by atoms with E-state index in [9.17, 15) is 4.79 Å². The molecule has 0 saturated carbocycles. The first-order valence-electron chi connectivity index (χ1n) is 7.81. The van der Waals surface area contributed by atoms with Crippen molar-refractivity contribution in [3.8, 4) is 0 Å². The molecule has 1 heterocycles. The van der Waals surface area contributed by atoms with Crippen LogP contribution in [0.4, 0.5) is 0 Å². The molecule has 1 fully saturated rings. The van der Waals surface area contributed by atoms with Crippen LogP contribution >= 0.6 is 0 Å². The molecular weight excluding hydrogens is 252 g/mol. The number of piperidine rings is 1. The monoisotopic (exact) mass is 284 g/mol. The lowest BCUT2D eigenvalue weighted by Crippen LogP contribution is -2.57. The van der Waals surface area contributed by atoms with Gasteiger partial charge in [0.25, 0.3) is 0 Å². The Labute approximate surface area is 124 Å². The van der Waals surface area contributed by atoms with Crippen molar-refractivity contribution in [1.29, 1.82) is 0 Å². The van der Waals surface area contributed by atoms with Crippen molar-refractivity contribution < 1.29 is 9.53 Å². The molecule has 0 amide bonds. The zero-order valence-corrected chi connectivity index (χ0v) is 14.1. The van der Waals surface area contributed by atoms with Crippen LogP contribution in [0.5, 0.6) is 0 Å². The molecule has 0 aromatic carbocycles. The van der Waals surface area contributed by atoms with Crippen LogP contribution in [0.1, 0.15) is 47.5 Å². The van der Waals surface area contributed by atoms with Crippen LogP contribution in [-0.4, -0.2) is 49.7 Å². The Morgan fingerprint density at radius 3 is 2.20 bits per heavy atom. The van der Waals surface area contributed by atoms with Crippen molar-refractivity contribution in [1.82, 2.24) is 10.2 Å². The summed E-state index contributed by atoms with van der Waals surface area (Å²) in [7, 11) is 1.83. The Morgan fingerprint density at radius 1 is 1.25 bits per heavy atom. The van der Waals surface area contributed by atoms with E-state index < -0.39 is 5.54 Å². The molecule has 1 unspecified atom stereocenters. The molecule has 0 aromatic rings. The van der Waals surface area contributed by atoms with Crippen LogP contribution in [0.25, 0.3) is 0 Å². The molecule has 20 heavy (non-hydrogen) atoms. The number of rotatable bonds is 5. The first-order valence-corrected chi connectivity index (χ1v) is 7.81. The third kappa shape index (κ3) is 4.45. The summed E-state index contributed by atoms with van der Waals surface area (Å²) in [5.41, 5.74) is -0.218. The topological polar surface area (TPSA) is 41.6 Å². The third-order valence-corrected chi connectivity index (χ3v) is 4.63. The molecule has 4 nitrogen and oxygen atoms in total. The van der Waals surface area contributed by atoms with Crippen LogP contribution in [-0.2, 0) is 9.53 Å². The van der Waals surface area contributed by atoms with Gasteiger partial charge >= 0.3 is 5.97 Å². The summed E-state index contributed by atoms with van der Waals surface area (Å²) < 4.78 is 5.19. The highest BCUT2D eigenvalue weighted by Crippen LogP contribution is 2.34. The van der Waals surface area contributed by atoms with Gasteiger partial charge in [-0.2, -0.15) is 0 Å². The van der Waals surface area contributed by atoms with E-state index in [2.05, 4.69) is 31.0 Å². The summed E-state index contributed by atoms with van der Waals surface area (Å²) in [6, 6.07) is 0. The Balaban J connectivity index is 2.55. The maximum atomic E-state index is 12.1. The molecule has 0 aromatic heterocycles. The van der Waals surface area contributed by atoms with E-state index in [-0.39, 0.29) is 5.97 Å². The quantitative estimate of drug-likeness (QED) is 0.787. The van der Waals surface area contributed by atoms with Gasteiger partial charge in [0.1, 0.15) is 5.54 Å². The van der Waals surface area contributed by atoms with Crippen LogP contribution in [0.2, 0.25) is 0 Å². The average molecular weight is 284 g/mol. The number of hydrogen-bond donors (Lipinski definition) is 1. The predicted molar refractivity (Wildman–Crippen MR) is 82.7 cm³/mol. The number of hydrogen-bond acceptors (Lipinski definition) is 4. The molecule has 0 spiro atoms. The molecule has 118 valence electrons. The molecule has 1 atom stereocenters. The number of carbonyl (C=O) groups excluding carboxylic acids is 1. The fourth-order valence-electron chi connectivity index (χ4n) is 2.94. The normalized spacial score (nSPS) is 21.5. The number of nitrogens with zero attached hydrogens (tertiary/aromatic N) is 1. The Bertz CT molecular complexity index is 317. The predicted octanol–water partition coefficient (Wildman–Crippen LogP) is 2.29. The van der Waals surface area contributed by atoms with Crippen molar-refractivity contribution in [3.05, 3.63) is 0 Å². The number of likely N-dealkylation sites (N-methyl/N-ethyl adjacent to an activating group) is 1. The van der Waals surface area contributed by atoms with Gasteiger partial charge in [-0.25, -0.2) is 0 Å². The van der Waals surface area contributed by atoms with Crippen LogP contribution in [0.3, 0.4) is 0 Å². The van der Waals surface area contributed by atoms with Gasteiger partial charge in [-0.3, -0.25) is 4.79 Å². The summed E-state index contributed by atoms with van der Waals surface area (Å²) in [4.78, 5) is 14.5. The van der Waals surface area contributed by atoms with Crippen LogP contribution in [0.15, 0.2) is 0 Å². The van der Waals surface area contributed by atoms with Gasteiger partial charge in [0, 0.05) is 6.54 Å². The van der Waals surface area contributed by atoms with E-state index in [4.69, 9.17) is 4.74 Å². The van der Waals surface area contributed by atoms with E-state index in [0.717, 1.165) is 25.6 Å². The molecule has 0 radical (unpaired) electrons. The minimum Gasteiger partial charge on any atom is -0.465 e. The number of nitrogens with one attached hydrogen (secondary N) is 1. The number of carbonyl (C=O) groups is 1. The van der Waals surface area contributed by atoms with E-state index in [1.807, 2.05) is 20.9 Å².